The first-order valence-electron chi connectivity index (χ1n) is 6.07. The predicted octanol–water partition coefficient (Wildman–Crippen LogP) is 1.16. The van der Waals surface area contributed by atoms with E-state index in [-0.39, 0.29) is 22.7 Å². The van der Waals surface area contributed by atoms with Gasteiger partial charge in [0.05, 0.1) is 12.9 Å². The van der Waals surface area contributed by atoms with Gasteiger partial charge in [-0.2, -0.15) is 4.98 Å². The molecule has 0 fully saturated rings. The quantitative estimate of drug-likeness (QED) is 0.832. The van der Waals surface area contributed by atoms with Crippen molar-refractivity contribution in [3.63, 3.8) is 0 Å². The Morgan fingerprint density at radius 2 is 2.14 bits per heavy atom. The summed E-state index contributed by atoms with van der Waals surface area (Å²) >= 11 is 0.785. The summed E-state index contributed by atoms with van der Waals surface area (Å²) in [6.07, 6.45) is -0.584. The second kappa shape index (κ2) is 5.49. The molecule has 0 aliphatic carbocycles. The number of methoxy groups -OCH3 is 1. The van der Waals surface area contributed by atoms with Gasteiger partial charge in [0.2, 0.25) is 14.2 Å². The summed E-state index contributed by atoms with van der Waals surface area (Å²) < 4.78 is 44.2. The number of nitrogens with zero attached hydrogens (tertiary/aromatic N) is 2. The van der Waals surface area contributed by atoms with E-state index in [1.54, 1.807) is 18.2 Å². The second-order valence-corrected chi connectivity index (χ2v) is 7.29. The molecule has 0 spiro atoms. The van der Waals surface area contributed by atoms with Crippen molar-refractivity contribution in [3.05, 3.63) is 24.3 Å². The lowest BCUT2D eigenvalue weighted by atomic mass is 10.3. The van der Waals surface area contributed by atoms with Crippen molar-refractivity contribution in [2.45, 2.75) is 10.4 Å². The molecule has 7 nitrogen and oxygen atoms in total. The van der Waals surface area contributed by atoms with E-state index in [9.17, 15) is 8.42 Å². The molecule has 1 aromatic heterocycles. The van der Waals surface area contributed by atoms with Gasteiger partial charge in [-0.3, -0.25) is 0 Å². The van der Waals surface area contributed by atoms with Gasteiger partial charge in [0, 0.05) is 11.5 Å². The van der Waals surface area contributed by atoms with Crippen molar-refractivity contribution in [1.29, 1.82) is 0 Å². The first-order valence-corrected chi connectivity index (χ1v) is 8.50. The van der Waals surface area contributed by atoms with Crippen LogP contribution in [0.15, 0.2) is 28.6 Å². The zero-order valence-corrected chi connectivity index (χ0v) is 12.7. The van der Waals surface area contributed by atoms with Crippen LogP contribution in [0.3, 0.4) is 0 Å². The monoisotopic (exact) mass is 328 g/mol. The number of ether oxygens (including phenoxy) is 3. The number of hydrogen-bond acceptors (Lipinski definition) is 8. The standard InChI is InChI=1S/C12H12N2O5S2/c1-17-11-13-12(20-14-11)21(15,16)7-8-6-18-9-4-2-3-5-10(9)19-8/h2-5,8H,6-7H2,1H3. The van der Waals surface area contributed by atoms with Crippen LogP contribution in [0.1, 0.15) is 0 Å². The summed E-state index contributed by atoms with van der Waals surface area (Å²) in [5.74, 6) is 0.933. The third kappa shape index (κ3) is 2.93. The molecule has 2 aromatic rings. The fourth-order valence-electron chi connectivity index (χ4n) is 1.87. The van der Waals surface area contributed by atoms with Crippen molar-refractivity contribution in [1.82, 2.24) is 9.36 Å². The van der Waals surface area contributed by atoms with Crippen LogP contribution in [0, 0.1) is 0 Å². The molecule has 0 amide bonds. The van der Waals surface area contributed by atoms with Crippen LogP contribution in [0.4, 0.5) is 0 Å². The maximum Gasteiger partial charge on any atom is 0.329 e. The van der Waals surface area contributed by atoms with Gasteiger partial charge in [-0.15, -0.1) is 4.37 Å². The Labute approximate surface area is 125 Å². The Morgan fingerprint density at radius 1 is 1.38 bits per heavy atom. The smallest absolute Gasteiger partial charge is 0.329 e. The van der Waals surface area contributed by atoms with E-state index in [4.69, 9.17) is 14.2 Å². The molecule has 0 saturated carbocycles. The Hall–Kier alpha value is -1.87. The first-order chi connectivity index (χ1) is 10.1. The van der Waals surface area contributed by atoms with Gasteiger partial charge in [-0.1, -0.05) is 12.1 Å². The molecular weight excluding hydrogens is 316 g/mol. The number of para-hydroxylation sites is 2. The van der Waals surface area contributed by atoms with Gasteiger partial charge in [0.15, 0.2) is 11.5 Å². The van der Waals surface area contributed by atoms with Crippen LogP contribution >= 0.6 is 11.5 Å². The molecule has 9 heteroatoms. The Balaban J connectivity index is 1.75. The van der Waals surface area contributed by atoms with E-state index in [0.717, 1.165) is 11.5 Å². The van der Waals surface area contributed by atoms with Crippen LogP contribution in [0.2, 0.25) is 0 Å². The van der Waals surface area contributed by atoms with Crippen molar-refractivity contribution >= 4 is 21.4 Å². The maximum absolute atomic E-state index is 12.3. The zero-order valence-electron chi connectivity index (χ0n) is 11.1. The van der Waals surface area contributed by atoms with E-state index in [2.05, 4.69) is 9.36 Å². The van der Waals surface area contributed by atoms with E-state index in [1.807, 2.05) is 6.07 Å². The number of benzene rings is 1. The minimum Gasteiger partial charge on any atom is -0.486 e. The zero-order chi connectivity index (χ0) is 14.9. The van der Waals surface area contributed by atoms with E-state index in [0.29, 0.717) is 11.5 Å². The molecule has 21 heavy (non-hydrogen) atoms. The average Bonchev–Trinajstić information content (AvgIpc) is 2.96. The number of sulfone groups is 1. The highest BCUT2D eigenvalue weighted by Gasteiger charge is 2.30. The van der Waals surface area contributed by atoms with Gasteiger partial charge < -0.3 is 14.2 Å². The lowest BCUT2D eigenvalue weighted by Crippen LogP contribution is -2.35. The minimum atomic E-state index is -3.59. The molecule has 0 N–H and O–H groups in total. The van der Waals surface area contributed by atoms with Gasteiger partial charge >= 0.3 is 6.01 Å². The van der Waals surface area contributed by atoms with Crippen molar-refractivity contribution in [3.8, 4) is 17.5 Å². The van der Waals surface area contributed by atoms with Crippen LogP contribution in [-0.2, 0) is 9.84 Å². The number of aromatic nitrogens is 2. The van der Waals surface area contributed by atoms with Gasteiger partial charge in [-0.25, -0.2) is 8.42 Å². The van der Waals surface area contributed by atoms with Crippen molar-refractivity contribution in [2.24, 2.45) is 0 Å². The molecular formula is C12H12N2O5S2. The summed E-state index contributed by atoms with van der Waals surface area (Å²) in [6.45, 7) is 0.173. The fourth-order valence-corrected chi connectivity index (χ4v) is 4.04. The van der Waals surface area contributed by atoms with Crippen LogP contribution in [0.5, 0.6) is 17.5 Å². The van der Waals surface area contributed by atoms with Crippen LogP contribution in [-0.4, -0.2) is 43.3 Å². The predicted molar refractivity (Wildman–Crippen MR) is 74.9 cm³/mol. The van der Waals surface area contributed by atoms with E-state index in [1.165, 1.54) is 7.11 Å². The number of rotatable bonds is 4. The molecule has 2 heterocycles. The van der Waals surface area contributed by atoms with Crippen LogP contribution < -0.4 is 14.2 Å². The molecule has 0 bridgehead atoms. The average molecular weight is 328 g/mol. The Kier molecular flexibility index (Phi) is 3.68. The third-order valence-corrected chi connectivity index (χ3v) is 5.72. The lowest BCUT2D eigenvalue weighted by molar-refractivity contribution is 0.106. The maximum atomic E-state index is 12.3. The molecule has 1 aliphatic rings. The highest BCUT2D eigenvalue weighted by Crippen LogP contribution is 2.31. The molecule has 0 radical (unpaired) electrons. The summed E-state index contributed by atoms with van der Waals surface area (Å²) in [5.41, 5.74) is 0. The highest BCUT2D eigenvalue weighted by atomic mass is 32.2. The molecule has 112 valence electrons. The molecule has 1 unspecified atom stereocenters. The summed E-state index contributed by atoms with van der Waals surface area (Å²) in [5, 5.41) is 0. The topological polar surface area (TPSA) is 87.6 Å². The molecule has 3 rings (SSSR count). The van der Waals surface area contributed by atoms with Crippen molar-refractivity contribution in [2.75, 3.05) is 19.5 Å². The van der Waals surface area contributed by atoms with E-state index >= 15 is 0 Å². The highest BCUT2D eigenvalue weighted by molar-refractivity contribution is 7.93. The van der Waals surface area contributed by atoms with Gasteiger partial charge in [0.25, 0.3) is 0 Å². The minimum absolute atomic E-state index is 0.0460. The first kappa shape index (κ1) is 14.1. The van der Waals surface area contributed by atoms with Crippen molar-refractivity contribution < 1.29 is 22.6 Å². The SMILES string of the molecule is COc1nsc(S(=O)(=O)CC2COc3ccccc3O2)n1. The number of fused-ring (bicyclic) bond motifs is 1. The second-order valence-electron chi connectivity index (χ2n) is 4.33. The Bertz CT molecular complexity index is 744. The van der Waals surface area contributed by atoms with E-state index < -0.39 is 15.9 Å². The molecule has 1 atom stereocenters. The van der Waals surface area contributed by atoms with Crippen LogP contribution in [0.25, 0.3) is 0 Å². The molecule has 1 aromatic carbocycles. The summed E-state index contributed by atoms with van der Waals surface area (Å²) in [4.78, 5) is 3.81. The normalized spacial score (nSPS) is 17.5. The van der Waals surface area contributed by atoms with Gasteiger partial charge in [0.1, 0.15) is 12.7 Å². The largest absolute Gasteiger partial charge is 0.486 e. The van der Waals surface area contributed by atoms with Gasteiger partial charge in [-0.05, 0) is 12.1 Å². The summed E-state index contributed by atoms with van der Waals surface area (Å²) in [6, 6.07) is 7.18. The fraction of sp³-hybridized carbons (Fsp3) is 0.333. The third-order valence-electron chi connectivity index (χ3n) is 2.81. The molecule has 0 saturated heterocycles. The molecule has 1 aliphatic heterocycles. The lowest BCUT2D eigenvalue weighted by Gasteiger charge is -2.25. The summed E-state index contributed by atoms with van der Waals surface area (Å²) in [7, 11) is -2.21. The number of hydrogen-bond donors (Lipinski definition) is 0. The Morgan fingerprint density at radius 3 is 2.86 bits per heavy atom.